The van der Waals surface area contributed by atoms with Crippen molar-refractivity contribution in [1.82, 2.24) is 15.1 Å². The molecule has 26 heavy (non-hydrogen) atoms. The van der Waals surface area contributed by atoms with Gasteiger partial charge in [-0.25, -0.2) is 0 Å². The Labute approximate surface area is 158 Å². The summed E-state index contributed by atoms with van der Waals surface area (Å²) in [5, 5.41) is 3.54. The standard InChI is InChI=1S/C21H33N5/c1-4-24(5-2)20-12-15-26(17-20)21(22-3)23-16-18-8-10-19(11-9-18)25-13-6-7-14-25/h6-11,20H,4-5,12-17H2,1-3H3,(H,22,23). The van der Waals surface area contributed by atoms with Crippen LogP contribution in [0.3, 0.4) is 0 Å². The average molecular weight is 356 g/mol. The highest BCUT2D eigenvalue weighted by molar-refractivity contribution is 5.80. The van der Waals surface area contributed by atoms with Gasteiger partial charge >= 0.3 is 0 Å². The molecule has 0 spiro atoms. The summed E-state index contributed by atoms with van der Waals surface area (Å²) < 4.78 is 0. The second kappa shape index (κ2) is 9.08. The van der Waals surface area contributed by atoms with Crippen LogP contribution in [0.15, 0.2) is 41.4 Å². The number of hydrogen-bond acceptors (Lipinski definition) is 3. The fraction of sp³-hybridized carbons (Fsp3) is 0.571. The Kier molecular flexibility index (Phi) is 6.56. The van der Waals surface area contributed by atoms with Gasteiger partial charge in [-0.15, -0.1) is 0 Å². The predicted molar refractivity (Wildman–Crippen MR) is 111 cm³/mol. The summed E-state index contributed by atoms with van der Waals surface area (Å²) in [6, 6.07) is 9.53. The Morgan fingerprint density at radius 1 is 1.15 bits per heavy atom. The van der Waals surface area contributed by atoms with Crippen LogP contribution in [0.4, 0.5) is 5.69 Å². The molecule has 1 fully saturated rings. The Hall–Kier alpha value is -2.01. The molecule has 2 aliphatic rings. The van der Waals surface area contributed by atoms with Gasteiger partial charge in [-0.1, -0.05) is 38.1 Å². The molecule has 1 saturated heterocycles. The van der Waals surface area contributed by atoms with Crippen LogP contribution < -0.4 is 10.2 Å². The summed E-state index contributed by atoms with van der Waals surface area (Å²) in [4.78, 5) is 11.8. The first kappa shape index (κ1) is 18.8. The molecule has 5 heteroatoms. The Morgan fingerprint density at radius 3 is 2.46 bits per heavy atom. The number of nitrogens with zero attached hydrogens (tertiary/aromatic N) is 4. The summed E-state index contributed by atoms with van der Waals surface area (Å²) in [5.41, 5.74) is 2.59. The minimum atomic E-state index is 0.650. The molecular formula is C21H33N5. The van der Waals surface area contributed by atoms with E-state index in [2.05, 4.69) is 75.3 Å². The van der Waals surface area contributed by atoms with Gasteiger partial charge in [0.15, 0.2) is 5.96 Å². The lowest BCUT2D eigenvalue weighted by Crippen LogP contribution is -2.43. The third-order valence-electron chi connectivity index (χ3n) is 5.57. The zero-order chi connectivity index (χ0) is 18.4. The van der Waals surface area contributed by atoms with Gasteiger partial charge in [0.05, 0.1) is 0 Å². The third kappa shape index (κ3) is 4.39. The van der Waals surface area contributed by atoms with Crippen molar-refractivity contribution in [2.75, 3.05) is 51.2 Å². The molecule has 5 nitrogen and oxygen atoms in total. The fourth-order valence-corrected chi connectivity index (χ4v) is 4.00. The largest absolute Gasteiger partial charge is 0.364 e. The van der Waals surface area contributed by atoms with Crippen LogP contribution >= 0.6 is 0 Å². The van der Waals surface area contributed by atoms with E-state index in [-0.39, 0.29) is 0 Å². The average Bonchev–Trinajstić information content (AvgIpc) is 3.36. The maximum absolute atomic E-state index is 4.51. The van der Waals surface area contributed by atoms with Crippen molar-refractivity contribution >= 4 is 11.6 Å². The van der Waals surface area contributed by atoms with Crippen LogP contribution in [0.2, 0.25) is 0 Å². The first-order chi connectivity index (χ1) is 12.7. The lowest BCUT2D eigenvalue weighted by Gasteiger charge is -2.27. The fourth-order valence-electron chi connectivity index (χ4n) is 4.00. The molecule has 1 aromatic carbocycles. The maximum Gasteiger partial charge on any atom is 0.193 e. The van der Waals surface area contributed by atoms with Crippen LogP contribution in [-0.2, 0) is 6.54 Å². The van der Waals surface area contributed by atoms with E-state index in [0.29, 0.717) is 6.04 Å². The molecule has 1 atom stereocenters. The van der Waals surface area contributed by atoms with E-state index < -0.39 is 0 Å². The summed E-state index contributed by atoms with van der Waals surface area (Å²) in [6.45, 7) is 11.8. The first-order valence-electron chi connectivity index (χ1n) is 9.93. The quantitative estimate of drug-likeness (QED) is 0.483. The first-order valence-corrected chi connectivity index (χ1v) is 9.93. The minimum absolute atomic E-state index is 0.650. The SMILES string of the molecule is CCN(CC)C1CCN(C(=NC)NCc2ccc(N3CC=CC3)cc2)C1. The second-order valence-electron chi connectivity index (χ2n) is 7.05. The van der Waals surface area contributed by atoms with Gasteiger partial charge in [-0.2, -0.15) is 0 Å². The molecule has 0 aliphatic carbocycles. The van der Waals surface area contributed by atoms with E-state index in [9.17, 15) is 0 Å². The highest BCUT2D eigenvalue weighted by atomic mass is 15.3. The molecule has 1 aromatic rings. The molecule has 2 heterocycles. The van der Waals surface area contributed by atoms with Crippen LogP contribution in [0, 0.1) is 0 Å². The Balaban J connectivity index is 1.51. The van der Waals surface area contributed by atoms with Crippen molar-refractivity contribution in [3.05, 3.63) is 42.0 Å². The Bertz CT molecular complexity index is 610. The maximum atomic E-state index is 4.51. The molecule has 2 aliphatic heterocycles. The zero-order valence-corrected chi connectivity index (χ0v) is 16.5. The van der Waals surface area contributed by atoms with Gasteiger partial charge < -0.3 is 15.1 Å². The molecule has 1 unspecified atom stereocenters. The van der Waals surface area contributed by atoms with E-state index in [0.717, 1.165) is 51.8 Å². The minimum Gasteiger partial charge on any atom is -0.364 e. The summed E-state index contributed by atoms with van der Waals surface area (Å²) in [5.74, 6) is 1.02. The van der Waals surface area contributed by atoms with Crippen LogP contribution in [-0.4, -0.2) is 68.1 Å². The van der Waals surface area contributed by atoms with Gasteiger partial charge in [-0.3, -0.25) is 9.89 Å². The van der Waals surface area contributed by atoms with E-state index in [1.807, 2.05) is 7.05 Å². The second-order valence-corrected chi connectivity index (χ2v) is 7.05. The zero-order valence-electron chi connectivity index (χ0n) is 16.5. The summed E-state index contributed by atoms with van der Waals surface area (Å²) >= 11 is 0. The predicted octanol–water partition coefficient (Wildman–Crippen LogP) is 2.55. The monoisotopic (exact) mass is 355 g/mol. The molecule has 142 valence electrons. The van der Waals surface area contributed by atoms with Crippen LogP contribution in [0.1, 0.15) is 25.8 Å². The van der Waals surface area contributed by atoms with E-state index in [1.54, 1.807) is 0 Å². The number of benzene rings is 1. The highest BCUT2D eigenvalue weighted by Gasteiger charge is 2.27. The molecular weight excluding hydrogens is 322 g/mol. The number of likely N-dealkylation sites (tertiary alicyclic amines) is 1. The van der Waals surface area contributed by atoms with Gasteiger partial charge in [0.25, 0.3) is 0 Å². The normalized spacial score (nSPS) is 20.5. The van der Waals surface area contributed by atoms with Crippen molar-refractivity contribution in [2.24, 2.45) is 4.99 Å². The molecule has 0 amide bonds. The molecule has 0 radical (unpaired) electrons. The van der Waals surface area contributed by atoms with Crippen molar-refractivity contribution in [3.63, 3.8) is 0 Å². The van der Waals surface area contributed by atoms with Crippen molar-refractivity contribution < 1.29 is 0 Å². The van der Waals surface area contributed by atoms with E-state index >= 15 is 0 Å². The molecule has 0 saturated carbocycles. The molecule has 0 aromatic heterocycles. The lowest BCUT2D eigenvalue weighted by atomic mass is 10.2. The molecule has 1 N–H and O–H groups in total. The van der Waals surface area contributed by atoms with Crippen molar-refractivity contribution in [2.45, 2.75) is 32.9 Å². The highest BCUT2D eigenvalue weighted by Crippen LogP contribution is 2.18. The van der Waals surface area contributed by atoms with Crippen molar-refractivity contribution in [3.8, 4) is 0 Å². The number of likely N-dealkylation sites (N-methyl/N-ethyl adjacent to an activating group) is 1. The number of hydrogen-bond donors (Lipinski definition) is 1. The number of rotatable bonds is 6. The van der Waals surface area contributed by atoms with Gasteiger partial charge in [-0.05, 0) is 37.2 Å². The van der Waals surface area contributed by atoms with Gasteiger partial charge in [0, 0.05) is 51.5 Å². The lowest BCUT2D eigenvalue weighted by molar-refractivity contribution is 0.223. The molecule has 0 bridgehead atoms. The van der Waals surface area contributed by atoms with Crippen molar-refractivity contribution in [1.29, 1.82) is 0 Å². The summed E-state index contributed by atoms with van der Waals surface area (Å²) in [7, 11) is 1.89. The topological polar surface area (TPSA) is 34.1 Å². The van der Waals surface area contributed by atoms with Crippen LogP contribution in [0.5, 0.6) is 0 Å². The summed E-state index contributed by atoms with van der Waals surface area (Å²) in [6.07, 6.45) is 5.67. The van der Waals surface area contributed by atoms with E-state index in [4.69, 9.17) is 0 Å². The number of guanidine groups is 1. The van der Waals surface area contributed by atoms with Crippen LogP contribution in [0.25, 0.3) is 0 Å². The number of anilines is 1. The van der Waals surface area contributed by atoms with Gasteiger partial charge in [0.2, 0.25) is 0 Å². The number of nitrogens with one attached hydrogen (secondary N) is 1. The molecule has 3 rings (SSSR count). The third-order valence-corrected chi connectivity index (χ3v) is 5.57. The van der Waals surface area contributed by atoms with Gasteiger partial charge in [0.1, 0.15) is 0 Å². The number of aliphatic imine (C=N–C) groups is 1. The van der Waals surface area contributed by atoms with E-state index in [1.165, 1.54) is 17.7 Å². The Morgan fingerprint density at radius 2 is 1.85 bits per heavy atom. The smallest absolute Gasteiger partial charge is 0.193 e.